The topological polar surface area (TPSA) is 114 Å². The van der Waals surface area contributed by atoms with Gasteiger partial charge in [0.15, 0.2) is 6.29 Å². The number of aromatic nitrogens is 2. The molecule has 8 heteroatoms. The monoisotopic (exact) mass is 334 g/mol. The number of benzene rings is 1. The molecule has 3 rings (SSSR count). The number of hydrogen-bond donors (Lipinski definition) is 3. The zero-order valence-electron chi connectivity index (χ0n) is 13.0. The molecule has 8 nitrogen and oxygen atoms in total. The van der Waals surface area contributed by atoms with Crippen LogP contribution in [0, 0.1) is 6.92 Å². The van der Waals surface area contributed by atoms with E-state index in [0.29, 0.717) is 11.1 Å². The third-order valence-electron chi connectivity index (χ3n) is 4.02. The lowest BCUT2D eigenvalue weighted by atomic mass is 10.2. The van der Waals surface area contributed by atoms with Gasteiger partial charge in [0, 0.05) is 18.2 Å². The average molecular weight is 334 g/mol. The van der Waals surface area contributed by atoms with E-state index in [1.54, 1.807) is 19.1 Å². The summed E-state index contributed by atoms with van der Waals surface area (Å²) in [7, 11) is 0. The van der Waals surface area contributed by atoms with E-state index in [-0.39, 0.29) is 18.7 Å². The first kappa shape index (κ1) is 16.4. The standard InChI is InChI=1S/C16H18N2O6/c1-9-7-17(13-6-12(20)15(22)24-13)16(23)18(14(9)21)8-10-2-4-11(19)5-3-10/h2-5,7,12-13,15,19-20,22H,6,8H2,1H3/t12?,13-,15+/m1/s1. The van der Waals surface area contributed by atoms with Gasteiger partial charge in [-0.15, -0.1) is 0 Å². The quantitative estimate of drug-likeness (QED) is 0.708. The fourth-order valence-electron chi connectivity index (χ4n) is 2.70. The molecule has 1 aromatic heterocycles. The Labute approximate surface area is 136 Å². The zero-order valence-corrected chi connectivity index (χ0v) is 13.0. The third kappa shape index (κ3) is 2.99. The summed E-state index contributed by atoms with van der Waals surface area (Å²) in [5.41, 5.74) is -0.00203. The van der Waals surface area contributed by atoms with Crippen LogP contribution in [0.15, 0.2) is 40.1 Å². The molecular weight excluding hydrogens is 316 g/mol. The number of phenols is 1. The fourth-order valence-corrected chi connectivity index (χ4v) is 2.70. The van der Waals surface area contributed by atoms with Crippen LogP contribution in [-0.2, 0) is 11.3 Å². The van der Waals surface area contributed by atoms with Crippen LogP contribution in [0.25, 0.3) is 0 Å². The first-order valence-corrected chi connectivity index (χ1v) is 7.49. The number of nitrogens with zero attached hydrogens (tertiary/aromatic N) is 2. The minimum Gasteiger partial charge on any atom is -0.508 e. The average Bonchev–Trinajstić information content (AvgIpc) is 2.88. The van der Waals surface area contributed by atoms with Crippen LogP contribution in [0.1, 0.15) is 23.8 Å². The molecular formula is C16H18N2O6. The Bertz CT molecular complexity index is 844. The van der Waals surface area contributed by atoms with E-state index < -0.39 is 29.9 Å². The van der Waals surface area contributed by atoms with Gasteiger partial charge in [-0.2, -0.15) is 0 Å². The number of ether oxygens (including phenoxy) is 1. The van der Waals surface area contributed by atoms with Crippen molar-refractivity contribution in [3.05, 3.63) is 62.4 Å². The molecule has 24 heavy (non-hydrogen) atoms. The predicted octanol–water partition coefficient (Wildman–Crippen LogP) is -0.329. The molecule has 0 amide bonds. The minimum absolute atomic E-state index is 0.0391. The van der Waals surface area contributed by atoms with Crippen molar-refractivity contribution in [2.24, 2.45) is 0 Å². The van der Waals surface area contributed by atoms with Gasteiger partial charge < -0.3 is 20.1 Å². The summed E-state index contributed by atoms with van der Waals surface area (Å²) in [5.74, 6) is 0.0927. The number of phenolic OH excluding ortho intramolecular Hbond substituents is 1. The normalized spacial score (nSPS) is 23.5. The van der Waals surface area contributed by atoms with Crippen molar-refractivity contribution >= 4 is 0 Å². The molecule has 2 aromatic rings. The number of aliphatic hydroxyl groups is 2. The molecule has 128 valence electrons. The van der Waals surface area contributed by atoms with Crippen LogP contribution in [0.2, 0.25) is 0 Å². The van der Waals surface area contributed by atoms with Gasteiger partial charge in [-0.1, -0.05) is 12.1 Å². The SMILES string of the molecule is Cc1cn([C@H]2CC(O)[C@@H](O)O2)c(=O)n(Cc2ccc(O)cc2)c1=O. The molecule has 1 aromatic carbocycles. The summed E-state index contributed by atoms with van der Waals surface area (Å²) >= 11 is 0. The largest absolute Gasteiger partial charge is 0.508 e. The number of rotatable bonds is 3. The van der Waals surface area contributed by atoms with Gasteiger partial charge in [0.1, 0.15) is 18.1 Å². The lowest BCUT2D eigenvalue weighted by Gasteiger charge is -2.16. The van der Waals surface area contributed by atoms with Crippen molar-refractivity contribution in [2.75, 3.05) is 0 Å². The number of aliphatic hydroxyl groups excluding tert-OH is 2. The lowest BCUT2D eigenvalue weighted by Crippen LogP contribution is -2.42. The van der Waals surface area contributed by atoms with E-state index in [0.717, 1.165) is 4.57 Å². The maximum Gasteiger partial charge on any atom is 0.333 e. The van der Waals surface area contributed by atoms with Gasteiger partial charge in [0.25, 0.3) is 5.56 Å². The molecule has 3 atom stereocenters. The Balaban J connectivity index is 2.02. The number of hydrogen-bond acceptors (Lipinski definition) is 6. The molecule has 0 radical (unpaired) electrons. The molecule has 0 bridgehead atoms. The van der Waals surface area contributed by atoms with Gasteiger partial charge in [0.2, 0.25) is 0 Å². The fraction of sp³-hybridized carbons (Fsp3) is 0.375. The minimum atomic E-state index is -1.36. The van der Waals surface area contributed by atoms with Crippen molar-refractivity contribution < 1.29 is 20.1 Å². The van der Waals surface area contributed by atoms with E-state index >= 15 is 0 Å². The van der Waals surface area contributed by atoms with Crippen molar-refractivity contribution in [3.63, 3.8) is 0 Å². The first-order valence-electron chi connectivity index (χ1n) is 7.49. The highest BCUT2D eigenvalue weighted by Crippen LogP contribution is 2.26. The molecule has 1 aliphatic rings. The predicted molar refractivity (Wildman–Crippen MR) is 83.7 cm³/mol. The Hall–Kier alpha value is -2.42. The molecule has 1 saturated heterocycles. The molecule has 3 N–H and O–H groups in total. The Morgan fingerprint density at radius 2 is 1.88 bits per heavy atom. The molecule has 2 heterocycles. The molecule has 0 aliphatic carbocycles. The highest BCUT2D eigenvalue weighted by atomic mass is 16.6. The summed E-state index contributed by atoms with van der Waals surface area (Å²) in [6.07, 6.45) is -1.86. The van der Waals surface area contributed by atoms with E-state index in [2.05, 4.69) is 0 Å². The van der Waals surface area contributed by atoms with Crippen molar-refractivity contribution in [2.45, 2.75) is 38.5 Å². The van der Waals surface area contributed by atoms with E-state index in [9.17, 15) is 24.9 Å². The van der Waals surface area contributed by atoms with E-state index in [1.165, 1.54) is 22.9 Å². The van der Waals surface area contributed by atoms with Crippen molar-refractivity contribution in [1.82, 2.24) is 9.13 Å². The molecule has 1 unspecified atom stereocenters. The van der Waals surface area contributed by atoms with Crippen LogP contribution in [0.5, 0.6) is 5.75 Å². The Kier molecular flexibility index (Phi) is 4.27. The summed E-state index contributed by atoms with van der Waals surface area (Å²) < 4.78 is 7.44. The van der Waals surface area contributed by atoms with Gasteiger partial charge in [-0.05, 0) is 24.6 Å². The summed E-state index contributed by atoms with van der Waals surface area (Å²) in [6.45, 7) is 1.62. The molecule has 1 aliphatic heterocycles. The summed E-state index contributed by atoms with van der Waals surface area (Å²) in [6, 6.07) is 6.18. The van der Waals surface area contributed by atoms with E-state index in [1.807, 2.05) is 0 Å². The van der Waals surface area contributed by atoms with Crippen LogP contribution >= 0.6 is 0 Å². The van der Waals surface area contributed by atoms with Crippen molar-refractivity contribution in [1.29, 1.82) is 0 Å². The molecule has 1 fully saturated rings. The second kappa shape index (κ2) is 6.23. The second-order valence-electron chi connectivity index (χ2n) is 5.84. The van der Waals surface area contributed by atoms with Crippen LogP contribution in [0.3, 0.4) is 0 Å². The Morgan fingerprint density at radius 3 is 2.46 bits per heavy atom. The zero-order chi connectivity index (χ0) is 17.4. The summed E-state index contributed by atoms with van der Waals surface area (Å²) in [4.78, 5) is 25.0. The first-order chi connectivity index (χ1) is 11.4. The van der Waals surface area contributed by atoms with E-state index in [4.69, 9.17) is 4.74 Å². The van der Waals surface area contributed by atoms with Gasteiger partial charge in [-0.3, -0.25) is 13.9 Å². The van der Waals surface area contributed by atoms with Gasteiger partial charge in [0.05, 0.1) is 6.54 Å². The third-order valence-corrected chi connectivity index (χ3v) is 4.02. The Morgan fingerprint density at radius 1 is 1.21 bits per heavy atom. The number of aryl methyl sites for hydroxylation is 1. The molecule has 0 saturated carbocycles. The maximum atomic E-state index is 12.6. The highest BCUT2D eigenvalue weighted by Gasteiger charge is 2.34. The van der Waals surface area contributed by atoms with Gasteiger partial charge in [-0.25, -0.2) is 4.79 Å². The molecule has 0 spiro atoms. The second-order valence-corrected chi connectivity index (χ2v) is 5.84. The van der Waals surface area contributed by atoms with Crippen LogP contribution < -0.4 is 11.2 Å². The maximum absolute atomic E-state index is 12.6. The van der Waals surface area contributed by atoms with Gasteiger partial charge >= 0.3 is 5.69 Å². The number of aromatic hydroxyl groups is 1. The smallest absolute Gasteiger partial charge is 0.333 e. The highest BCUT2D eigenvalue weighted by molar-refractivity contribution is 5.26. The van der Waals surface area contributed by atoms with Crippen LogP contribution in [0.4, 0.5) is 0 Å². The van der Waals surface area contributed by atoms with Crippen LogP contribution in [-0.4, -0.2) is 36.8 Å². The van der Waals surface area contributed by atoms with Crippen molar-refractivity contribution in [3.8, 4) is 5.75 Å². The lowest BCUT2D eigenvalue weighted by molar-refractivity contribution is -0.142. The summed E-state index contributed by atoms with van der Waals surface area (Å²) in [5, 5.41) is 28.4.